The van der Waals surface area contributed by atoms with Crippen molar-refractivity contribution in [3.8, 4) is 11.8 Å². The van der Waals surface area contributed by atoms with E-state index < -0.39 is 4.92 Å². The predicted octanol–water partition coefficient (Wildman–Crippen LogP) is 2.00. The lowest BCUT2D eigenvalue weighted by molar-refractivity contribution is -0.383. The van der Waals surface area contributed by atoms with Gasteiger partial charge in [0.2, 0.25) is 0 Å². The van der Waals surface area contributed by atoms with Gasteiger partial charge in [-0.3, -0.25) is 10.1 Å². The molecule has 0 saturated carbocycles. The van der Waals surface area contributed by atoms with Crippen LogP contribution in [0.5, 0.6) is 0 Å². The van der Waals surface area contributed by atoms with Crippen molar-refractivity contribution in [2.45, 2.75) is 13.3 Å². The molecule has 0 saturated heterocycles. The van der Waals surface area contributed by atoms with Crippen LogP contribution in [0.1, 0.15) is 13.3 Å². The Morgan fingerprint density at radius 3 is 2.88 bits per heavy atom. The van der Waals surface area contributed by atoms with Crippen LogP contribution in [0.25, 0.3) is 0 Å². The van der Waals surface area contributed by atoms with E-state index in [9.17, 15) is 10.1 Å². The molecule has 0 radical (unpaired) electrons. The number of nitro benzene ring substituents is 1. The number of benzene rings is 1. The third-order valence-electron chi connectivity index (χ3n) is 1.98. The summed E-state index contributed by atoms with van der Waals surface area (Å²) in [5, 5.41) is 13.6. The minimum atomic E-state index is -0.498. The monoisotopic (exact) mass is 219 g/mol. The molecule has 0 aliphatic rings. The highest BCUT2D eigenvalue weighted by atomic mass is 16.6. The van der Waals surface area contributed by atoms with Gasteiger partial charge in [-0.25, -0.2) is 0 Å². The lowest BCUT2D eigenvalue weighted by Crippen LogP contribution is -2.02. The number of hydrogen-bond donors (Lipinski definition) is 2. The number of nitrogens with zero attached hydrogens (tertiary/aromatic N) is 1. The molecular weight excluding hydrogens is 206 g/mol. The zero-order chi connectivity index (χ0) is 12.0. The highest BCUT2D eigenvalue weighted by Gasteiger charge is 2.10. The van der Waals surface area contributed by atoms with Crippen molar-refractivity contribution in [2.75, 3.05) is 17.6 Å². The Kier molecular flexibility index (Phi) is 4.16. The zero-order valence-electron chi connectivity index (χ0n) is 8.99. The first-order valence-corrected chi connectivity index (χ1v) is 4.82. The second kappa shape index (κ2) is 5.61. The Morgan fingerprint density at radius 2 is 2.31 bits per heavy atom. The SMILES string of the molecule is CC#CCCNc1ccc([N+](=O)[O-])c(N)c1. The minimum absolute atomic E-state index is 0.0705. The van der Waals surface area contributed by atoms with Crippen LogP contribution >= 0.6 is 0 Å². The number of nitrogens with two attached hydrogens (primary N) is 1. The van der Waals surface area contributed by atoms with Crippen molar-refractivity contribution in [2.24, 2.45) is 0 Å². The maximum absolute atomic E-state index is 10.5. The quantitative estimate of drug-likeness (QED) is 0.267. The topological polar surface area (TPSA) is 81.2 Å². The van der Waals surface area contributed by atoms with Gasteiger partial charge in [0, 0.05) is 24.7 Å². The molecule has 0 aromatic heterocycles. The first-order valence-electron chi connectivity index (χ1n) is 4.82. The van der Waals surface area contributed by atoms with Gasteiger partial charge in [-0.2, -0.15) is 0 Å². The van der Waals surface area contributed by atoms with Gasteiger partial charge >= 0.3 is 0 Å². The van der Waals surface area contributed by atoms with Crippen LogP contribution in [0.4, 0.5) is 17.1 Å². The maximum atomic E-state index is 10.5. The Balaban J connectivity index is 2.65. The molecule has 16 heavy (non-hydrogen) atoms. The van der Waals surface area contributed by atoms with Crippen LogP contribution in [-0.4, -0.2) is 11.5 Å². The van der Waals surface area contributed by atoms with Gasteiger partial charge in [-0.1, -0.05) is 0 Å². The van der Waals surface area contributed by atoms with E-state index in [1.165, 1.54) is 6.07 Å². The molecule has 5 nitrogen and oxygen atoms in total. The van der Waals surface area contributed by atoms with Gasteiger partial charge in [0.1, 0.15) is 5.69 Å². The second-order valence-electron chi connectivity index (χ2n) is 3.13. The van der Waals surface area contributed by atoms with Gasteiger partial charge in [0.15, 0.2) is 0 Å². The highest BCUT2D eigenvalue weighted by Crippen LogP contribution is 2.24. The zero-order valence-corrected chi connectivity index (χ0v) is 8.99. The number of nitrogens with one attached hydrogen (secondary N) is 1. The molecule has 0 aliphatic heterocycles. The first kappa shape index (κ1) is 11.9. The average Bonchev–Trinajstić information content (AvgIpc) is 2.24. The molecule has 0 bridgehead atoms. The van der Waals surface area contributed by atoms with Crippen molar-refractivity contribution < 1.29 is 4.92 Å². The Morgan fingerprint density at radius 1 is 1.56 bits per heavy atom. The molecule has 0 spiro atoms. The Hall–Kier alpha value is -2.22. The van der Waals surface area contributed by atoms with E-state index >= 15 is 0 Å². The van der Waals surface area contributed by atoms with Gasteiger partial charge in [-0.05, 0) is 19.1 Å². The van der Waals surface area contributed by atoms with Crippen molar-refractivity contribution in [3.05, 3.63) is 28.3 Å². The van der Waals surface area contributed by atoms with E-state index in [1.807, 2.05) is 0 Å². The van der Waals surface area contributed by atoms with Crippen molar-refractivity contribution in [1.82, 2.24) is 0 Å². The first-order chi connectivity index (χ1) is 7.65. The fourth-order valence-corrected chi connectivity index (χ4v) is 1.23. The lowest BCUT2D eigenvalue weighted by atomic mass is 10.2. The second-order valence-corrected chi connectivity index (χ2v) is 3.13. The van der Waals surface area contributed by atoms with Crippen molar-refractivity contribution in [3.63, 3.8) is 0 Å². The van der Waals surface area contributed by atoms with Crippen LogP contribution < -0.4 is 11.1 Å². The smallest absolute Gasteiger partial charge is 0.292 e. The molecule has 0 atom stereocenters. The van der Waals surface area contributed by atoms with E-state index in [2.05, 4.69) is 17.2 Å². The molecular formula is C11H13N3O2. The molecule has 0 fully saturated rings. The van der Waals surface area contributed by atoms with Gasteiger partial charge in [0.25, 0.3) is 5.69 Å². The van der Waals surface area contributed by atoms with Crippen LogP contribution in [0.3, 0.4) is 0 Å². The van der Waals surface area contributed by atoms with Crippen molar-refractivity contribution >= 4 is 17.1 Å². The summed E-state index contributed by atoms with van der Waals surface area (Å²) in [6.07, 6.45) is 0.730. The molecule has 84 valence electrons. The van der Waals surface area contributed by atoms with Crippen LogP contribution in [-0.2, 0) is 0 Å². The molecule has 0 unspecified atom stereocenters. The van der Waals surface area contributed by atoms with E-state index in [0.29, 0.717) is 6.54 Å². The fraction of sp³-hybridized carbons (Fsp3) is 0.273. The molecule has 0 heterocycles. The normalized spacial score (nSPS) is 9.06. The lowest BCUT2D eigenvalue weighted by Gasteiger charge is -2.05. The van der Waals surface area contributed by atoms with E-state index in [0.717, 1.165) is 12.1 Å². The predicted molar refractivity (Wildman–Crippen MR) is 64.1 cm³/mol. The summed E-state index contributed by atoms with van der Waals surface area (Å²) >= 11 is 0. The molecule has 1 aromatic rings. The van der Waals surface area contributed by atoms with E-state index in [1.54, 1.807) is 19.1 Å². The summed E-state index contributed by atoms with van der Waals surface area (Å²) in [6, 6.07) is 4.58. The van der Waals surface area contributed by atoms with Gasteiger partial charge < -0.3 is 11.1 Å². The maximum Gasteiger partial charge on any atom is 0.292 e. The molecule has 0 amide bonds. The number of nitrogen functional groups attached to an aromatic ring is 1. The highest BCUT2D eigenvalue weighted by molar-refractivity contribution is 5.65. The summed E-state index contributed by atoms with van der Waals surface area (Å²) in [4.78, 5) is 10.0. The molecule has 3 N–H and O–H groups in total. The van der Waals surface area contributed by atoms with Crippen LogP contribution in [0.15, 0.2) is 18.2 Å². The standard InChI is InChI=1S/C11H13N3O2/c1-2-3-4-7-13-9-5-6-11(14(15)16)10(12)8-9/h5-6,8,13H,4,7,12H2,1H3. The summed E-state index contributed by atoms with van der Waals surface area (Å²) in [7, 11) is 0. The van der Waals surface area contributed by atoms with Gasteiger partial charge in [-0.15, -0.1) is 11.8 Å². The van der Waals surface area contributed by atoms with Gasteiger partial charge in [0.05, 0.1) is 4.92 Å². The molecule has 1 aromatic carbocycles. The number of rotatable bonds is 4. The Labute approximate surface area is 93.8 Å². The third-order valence-corrected chi connectivity index (χ3v) is 1.98. The number of anilines is 2. The number of hydrogen-bond acceptors (Lipinski definition) is 4. The largest absolute Gasteiger partial charge is 0.393 e. The summed E-state index contributed by atoms with van der Waals surface area (Å²) in [5.74, 6) is 5.70. The molecule has 5 heteroatoms. The molecule has 0 aliphatic carbocycles. The van der Waals surface area contributed by atoms with E-state index in [-0.39, 0.29) is 11.4 Å². The fourth-order valence-electron chi connectivity index (χ4n) is 1.23. The van der Waals surface area contributed by atoms with E-state index in [4.69, 9.17) is 5.73 Å². The van der Waals surface area contributed by atoms with Crippen molar-refractivity contribution in [1.29, 1.82) is 0 Å². The summed E-state index contributed by atoms with van der Waals surface area (Å²) in [6.45, 7) is 2.47. The average molecular weight is 219 g/mol. The molecule has 1 rings (SSSR count). The van der Waals surface area contributed by atoms with Crippen LogP contribution in [0, 0.1) is 22.0 Å². The Bertz CT molecular complexity index is 446. The van der Waals surface area contributed by atoms with Crippen LogP contribution in [0.2, 0.25) is 0 Å². The number of nitro groups is 1. The minimum Gasteiger partial charge on any atom is -0.393 e. The third kappa shape index (κ3) is 3.17. The summed E-state index contributed by atoms with van der Waals surface area (Å²) in [5.41, 5.74) is 6.40. The summed E-state index contributed by atoms with van der Waals surface area (Å²) < 4.78 is 0.